The van der Waals surface area contributed by atoms with Crippen LogP contribution in [0.25, 0.3) is 0 Å². The molecule has 2 aromatic rings. The molecule has 30 heavy (non-hydrogen) atoms. The fraction of sp³-hybridized carbons (Fsp3) is 0.458. The molecule has 2 N–H and O–H groups in total. The minimum Gasteiger partial charge on any atom is -0.373 e. The molecule has 2 aliphatic heterocycles. The second kappa shape index (κ2) is 8.26. The van der Waals surface area contributed by atoms with Gasteiger partial charge in [-0.05, 0) is 57.5 Å². The Kier molecular flexibility index (Phi) is 5.69. The monoisotopic (exact) mass is 410 g/mol. The molecule has 2 heterocycles. The maximum Gasteiger partial charge on any atom is 0.247 e. The highest BCUT2D eigenvalue weighted by Gasteiger charge is 2.30. The Bertz CT molecular complexity index is 914. The molecule has 6 heteroatoms. The van der Waals surface area contributed by atoms with Gasteiger partial charge in [0.05, 0.1) is 0 Å². The van der Waals surface area contributed by atoms with E-state index in [1.165, 1.54) is 6.07 Å². The Labute approximate surface area is 178 Å². The van der Waals surface area contributed by atoms with Crippen molar-refractivity contribution in [2.75, 3.05) is 35.2 Å². The van der Waals surface area contributed by atoms with Gasteiger partial charge in [0.1, 0.15) is 11.9 Å². The van der Waals surface area contributed by atoms with Crippen LogP contribution < -0.4 is 15.5 Å². The number of carbonyl (C=O) groups excluding carboxylic acids is 1. The molecular weight excluding hydrogens is 379 g/mol. The largest absolute Gasteiger partial charge is 0.373 e. The minimum absolute atomic E-state index is 0.139. The lowest BCUT2D eigenvalue weighted by Gasteiger charge is -2.43. The molecule has 0 bridgehead atoms. The third kappa shape index (κ3) is 4.01. The molecule has 2 aliphatic rings. The quantitative estimate of drug-likeness (QED) is 0.799. The number of nitrogens with zero attached hydrogens (tertiary/aromatic N) is 2. The van der Waals surface area contributed by atoms with Crippen molar-refractivity contribution in [2.24, 2.45) is 0 Å². The lowest BCUT2D eigenvalue weighted by molar-refractivity contribution is -0.116. The first-order valence-electron chi connectivity index (χ1n) is 10.8. The molecule has 0 saturated carbocycles. The second-order valence-electron chi connectivity index (χ2n) is 8.79. The van der Waals surface area contributed by atoms with E-state index in [4.69, 9.17) is 0 Å². The van der Waals surface area contributed by atoms with E-state index in [0.717, 1.165) is 42.3 Å². The molecular formula is C24H31FN4O. The SMILES string of the molecule is Cc1ccc(F)c2c1NC(C(=O)Nc1cccc(N3CCN(C(C)C)CC3C)c1)C2. The number of anilines is 3. The van der Waals surface area contributed by atoms with Crippen molar-refractivity contribution in [1.82, 2.24) is 4.90 Å². The minimum atomic E-state index is -0.465. The van der Waals surface area contributed by atoms with Gasteiger partial charge in [-0.3, -0.25) is 9.69 Å². The van der Waals surface area contributed by atoms with Crippen LogP contribution in [0.4, 0.5) is 21.5 Å². The van der Waals surface area contributed by atoms with Crippen molar-refractivity contribution < 1.29 is 9.18 Å². The summed E-state index contributed by atoms with van der Waals surface area (Å²) in [5.74, 6) is -0.394. The van der Waals surface area contributed by atoms with Gasteiger partial charge in [0.25, 0.3) is 0 Å². The standard InChI is InChI=1S/C24H31FN4O/c1-15(2)28-10-11-29(17(4)14-28)19-7-5-6-18(12-19)26-24(30)22-13-20-21(25)9-8-16(3)23(20)27-22/h5-9,12,15,17,22,27H,10-11,13-14H2,1-4H3,(H,26,30). The van der Waals surface area contributed by atoms with Crippen molar-refractivity contribution in [1.29, 1.82) is 0 Å². The number of piperazine rings is 1. The highest BCUT2D eigenvalue weighted by atomic mass is 19.1. The van der Waals surface area contributed by atoms with Crippen molar-refractivity contribution in [3.8, 4) is 0 Å². The van der Waals surface area contributed by atoms with Gasteiger partial charge in [0.15, 0.2) is 0 Å². The van der Waals surface area contributed by atoms with Crippen LogP contribution >= 0.6 is 0 Å². The molecule has 1 amide bonds. The molecule has 2 unspecified atom stereocenters. The van der Waals surface area contributed by atoms with Gasteiger partial charge >= 0.3 is 0 Å². The zero-order chi connectivity index (χ0) is 21.4. The van der Waals surface area contributed by atoms with Crippen molar-refractivity contribution in [3.63, 3.8) is 0 Å². The summed E-state index contributed by atoms with van der Waals surface area (Å²) in [6.45, 7) is 11.7. The first kappa shape index (κ1) is 20.7. The number of aryl methyl sites for hydroxylation is 1. The molecule has 5 nitrogen and oxygen atoms in total. The van der Waals surface area contributed by atoms with E-state index < -0.39 is 6.04 Å². The average Bonchev–Trinajstić information content (AvgIpc) is 3.18. The Morgan fingerprint density at radius 2 is 2.03 bits per heavy atom. The second-order valence-corrected chi connectivity index (χ2v) is 8.79. The number of carbonyl (C=O) groups is 1. The number of rotatable bonds is 4. The van der Waals surface area contributed by atoms with Crippen molar-refractivity contribution >= 4 is 23.0 Å². The predicted molar refractivity (Wildman–Crippen MR) is 121 cm³/mol. The Balaban J connectivity index is 1.43. The van der Waals surface area contributed by atoms with E-state index in [1.54, 1.807) is 6.07 Å². The summed E-state index contributed by atoms with van der Waals surface area (Å²) >= 11 is 0. The number of nitrogens with one attached hydrogen (secondary N) is 2. The van der Waals surface area contributed by atoms with Crippen molar-refractivity contribution in [3.05, 3.63) is 53.3 Å². The van der Waals surface area contributed by atoms with Crippen LogP contribution in [0.1, 0.15) is 31.9 Å². The van der Waals surface area contributed by atoms with Crippen LogP contribution in [0, 0.1) is 12.7 Å². The van der Waals surface area contributed by atoms with Crippen LogP contribution in [-0.4, -0.2) is 48.6 Å². The smallest absolute Gasteiger partial charge is 0.247 e. The third-order valence-corrected chi connectivity index (χ3v) is 6.34. The predicted octanol–water partition coefficient (Wildman–Crippen LogP) is 4.03. The van der Waals surface area contributed by atoms with Crippen LogP contribution in [0.15, 0.2) is 36.4 Å². The normalized spacial score (nSPS) is 21.5. The van der Waals surface area contributed by atoms with E-state index >= 15 is 0 Å². The molecule has 4 rings (SSSR count). The highest BCUT2D eigenvalue weighted by Crippen LogP contribution is 2.32. The van der Waals surface area contributed by atoms with Gasteiger partial charge in [-0.15, -0.1) is 0 Å². The number of hydrogen-bond acceptors (Lipinski definition) is 4. The topological polar surface area (TPSA) is 47.6 Å². The number of fused-ring (bicyclic) bond motifs is 1. The van der Waals surface area contributed by atoms with Gasteiger partial charge < -0.3 is 15.5 Å². The first-order chi connectivity index (χ1) is 14.3. The van der Waals surface area contributed by atoms with Gasteiger partial charge in [0, 0.05) is 60.8 Å². The summed E-state index contributed by atoms with van der Waals surface area (Å²) in [6.07, 6.45) is 0.364. The van der Waals surface area contributed by atoms with Crippen LogP contribution in [0.5, 0.6) is 0 Å². The van der Waals surface area contributed by atoms with E-state index in [2.05, 4.69) is 47.3 Å². The van der Waals surface area contributed by atoms with Gasteiger partial charge in [-0.1, -0.05) is 12.1 Å². The summed E-state index contributed by atoms with van der Waals surface area (Å²) in [5, 5.41) is 6.21. The highest BCUT2D eigenvalue weighted by molar-refractivity contribution is 5.98. The summed E-state index contributed by atoms with van der Waals surface area (Å²) in [5.41, 5.74) is 4.19. The van der Waals surface area contributed by atoms with Gasteiger partial charge in [0.2, 0.25) is 5.91 Å². The Morgan fingerprint density at radius 1 is 1.23 bits per heavy atom. The average molecular weight is 411 g/mol. The van der Waals surface area contributed by atoms with Crippen LogP contribution in [-0.2, 0) is 11.2 Å². The maximum atomic E-state index is 14.1. The Morgan fingerprint density at radius 3 is 2.73 bits per heavy atom. The van der Waals surface area contributed by atoms with Gasteiger partial charge in [-0.25, -0.2) is 4.39 Å². The van der Waals surface area contributed by atoms with E-state index in [-0.39, 0.29) is 11.7 Å². The molecule has 2 aromatic carbocycles. The number of benzene rings is 2. The Hall–Kier alpha value is -2.60. The molecule has 0 aliphatic carbocycles. The van der Waals surface area contributed by atoms with E-state index in [9.17, 15) is 9.18 Å². The van der Waals surface area contributed by atoms with Crippen LogP contribution in [0.2, 0.25) is 0 Å². The van der Waals surface area contributed by atoms with Crippen LogP contribution in [0.3, 0.4) is 0 Å². The number of amides is 1. The molecule has 160 valence electrons. The molecule has 2 atom stereocenters. The summed E-state index contributed by atoms with van der Waals surface area (Å²) < 4.78 is 14.1. The fourth-order valence-electron chi connectivity index (χ4n) is 4.56. The molecule has 0 aromatic heterocycles. The molecule has 1 fully saturated rings. The molecule has 0 spiro atoms. The summed E-state index contributed by atoms with van der Waals surface area (Å²) in [6, 6.07) is 11.7. The fourth-order valence-corrected chi connectivity index (χ4v) is 4.56. The summed E-state index contributed by atoms with van der Waals surface area (Å²) in [4.78, 5) is 17.8. The zero-order valence-corrected chi connectivity index (χ0v) is 18.2. The number of halogens is 1. The molecule has 0 radical (unpaired) electrons. The maximum absolute atomic E-state index is 14.1. The first-order valence-corrected chi connectivity index (χ1v) is 10.8. The zero-order valence-electron chi connectivity index (χ0n) is 18.2. The number of hydrogen-bond donors (Lipinski definition) is 2. The van der Waals surface area contributed by atoms with Gasteiger partial charge in [-0.2, -0.15) is 0 Å². The summed E-state index contributed by atoms with van der Waals surface area (Å²) in [7, 11) is 0. The third-order valence-electron chi connectivity index (χ3n) is 6.34. The van der Waals surface area contributed by atoms with E-state index in [0.29, 0.717) is 24.1 Å². The van der Waals surface area contributed by atoms with E-state index in [1.807, 2.05) is 25.1 Å². The lowest BCUT2D eigenvalue weighted by atomic mass is 10.1. The lowest BCUT2D eigenvalue weighted by Crippen LogP contribution is -2.53. The van der Waals surface area contributed by atoms with Crippen molar-refractivity contribution in [2.45, 2.75) is 52.2 Å². The molecule has 1 saturated heterocycles.